The lowest BCUT2D eigenvalue weighted by Crippen LogP contribution is -2.39. The minimum atomic E-state index is -1.09. The smallest absolute Gasteiger partial charge is 0.275 e. The van der Waals surface area contributed by atoms with Crippen LogP contribution in [0.25, 0.3) is 0 Å². The number of aliphatic hydroxyl groups is 2. The summed E-state index contributed by atoms with van der Waals surface area (Å²) in [6.07, 6.45) is -0.298. The molecule has 1 aliphatic rings. The van der Waals surface area contributed by atoms with Crippen molar-refractivity contribution in [3.63, 3.8) is 0 Å². The SMILES string of the molecule is O=C(c1ncc(F)cc1F)N1CCn2nc(C(O)CO)cc2C1. The van der Waals surface area contributed by atoms with Gasteiger partial charge in [-0.3, -0.25) is 9.48 Å². The largest absolute Gasteiger partial charge is 0.393 e. The van der Waals surface area contributed by atoms with Gasteiger partial charge in [0.2, 0.25) is 0 Å². The van der Waals surface area contributed by atoms with Crippen molar-refractivity contribution in [2.24, 2.45) is 0 Å². The highest BCUT2D eigenvalue weighted by Gasteiger charge is 2.27. The molecule has 122 valence electrons. The van der Waals surface area contributed by atoms with E-state index in [0.29, 0.717) is 24.0 Å². The molecule has 1 aliphatic heterocycles. The van der Waals surface area contributed by atoms with Gasteiger partial charge >= 0.3 is 0 Å². The van der Waals surface area contributed by atoms with E-state index in [0.717, 1.165) is 6.20 Å². The summed E-state index contributed by atoms with van der Waals surface area (Å²) in [6.45, 7) is 0.342. The first-order valence-electron chi connectivity index (χ1n) is 6.95. The zero-order chi connectivity index (χ0) is 16.6. The monoisotopic (exact) mass is 324 g/mol. The molecule has 0 saturated heterocycles. The molecule has 0 aliphatic carbocycles. The van der Waals surface area contributed by atoms with Gasteiger partial charge in [-0.05, 0) is 6.07 Å². The van der Waals surface area contributed by atoms with Crippen LogP contribution in [0.4, 0.5) is 8.78 Å². The maximum atomic E-state index is 13.7. The van der Waals surface area contributed by atoms with Crippen LogP contribution in [0.1, 0.15) is 28.0 Å². The Labute approximate surface area is 129 Å². The maximum absolute atomic E-state index is 13.7. The number of hydrogen-bond donors (Lipinski definition) is 2. The Morgan fingerprint density at radius 1 is 1.35 bits per heavy atom. The van der Waals surface area contributed by atoms with E-state index in [1.807, 2.05) is 0 Å². The quantitative estimate of drug-likeness (QED) is 0.844. The van der Waals surface area contributed by atoms with E-state index in [2.05, 4.69) is 10.1 Å². The molecule has 0 saturated carbocycles. The number of fused-ring (bicyclic) bond motifs is 1. The molecule has 0 fully saturated rings. The van der Waals surface area contributed by atoms with Gasteiger partial charge in [0, 0.05) is 12.6 Å². The van der Waals surface area contributed by atoms with Gasteiger partial charge in [-0.25, -0.2) is 13.8 Å². The molecule has 3 heterocycles. The van der Waals surface area contributed by atoms with Crippen molar-refractivity contribution in [3.05, 3.63) is 47.0 Å². The molecule has 3 rings (SSSR count). The van der Waals surface area contributed by atoms with Crippen molar-refractivity contribution in [3.8, 4) is 0 Å². The molecule has 23 heavy (non-hydrogen) atoms. The zero-order valence-corrected chi connectivity index (χ0v) is 12.0. The topological polar surface area (TPSA) is 91.5 Å². The number of carbonyl (C=O) groups is 1. The predicted octanol–water partition coefficient (Wildman–Crippen LogP) is 0.238. The molecule has 0 aromatic carbocycles. The number of halogens is 2. The Kier molecular flexibility index (Phi) is 4.05. The molecule has 0 bridgehead atoms. The van der Waals surface area contributed by atoms with E-state index in [-0.39, 0.29) is 13.1 Å². The summed E-state index contributed by atoms with van der Waals surface area (Å²) in [5, 5.41) is 22.7. The van der Waals surface area contributed by atoms with Gasteiger partial charge in [-0.2, -0.15) is 5.10 Å². The number of aliphatic hydroxyl groups excluding tert-OH is 2. The number of rotatable bonds is 3. The van der Waals surface area contributed by atoms with Crippen LogP contribution in [0.5, 0.6) is 0 Å². The highest BCUT2D eigenvalue weighted by Crippen LogP contribution is 2.20. The third kappa shape index (κ3) is 2.92. The summed E-state index contributed by atoms with van der Waals surface area (Å²) in [5.41, 5.74) is 0.521. The maximum Gasteiger partial charge on any atom is 0.275 e. The second-order valence-corrected chi connectivity index (χ2v) is 5.19. The van der Waals surface area contributed by atoms with E-state index < -0.39 is 35.9 Å². The van der Waals surface area contributed by atoms with Crippen LogP contribution >= 0.6 is 0 Å². The van der Waals surface area contributed by atoms with Gasteiger partial charge in [0.05, 0.1) is 37.3 Å². The van der Waals surface area contributed by atoms with Gasteiger partial charge in [-0.15, -0.1) is 0 Å². The number of aromatic nitrogens is 3. The van der Waals surface area contributed by atoms with Crippen molar-refractivity contribution in [2.45, 2.75) is 19.2 Å². The third-order valence-corrected chi connectivity index (χ3v) is 3.63. The van der Waals surface area contributed by atoms with E-state index in [1.165, 1.54) is 4.90 Å². The minimum absolute atomic E-state index is 0.155. The molecule has 1 unspecified atom stereocenters. The number of hydrogen-bond acceptors (Lipinski definition) is 5. The van der Waals surface area contributed by atoms with Crippen LogP contribution in [0.2, 0.25) is 0 Å². The second kappa shape index (κ2) is 6.01. The fourth-order valence-electron chi connectivity index (χ4n) is 2.44. The van der Waals surface area contributed by atoms with Crippen LogP contribution in [-0.2, 0) is 13.1 Å². The molecule has 1 atom stereocenters. The first-order valence-corrected chi connectivity index (χ1v) is 6.95. The highest BCUT2D eigenvalue weighted by molar-refractivity contribution is 5.92. The van der Waals surface area contributed by atoms with Crippen LogP contribution < -0.4 is 0 Å². The number of carbonyl (C=O) groups excluding carboxylic acids is 1. The van der Waals surface area contributed by atoms with Crippen LogP contribution in [-0.4, -0.2) is 48.9 Å². The van der Waals surface area contributed by atoms with Crippen molar-refractivity contribution < 1.29 is 23.8 Å². The first-order chi connectivity index (χ1) is 11.0. The molecule has 7 nitrogen and oxygen atoms in total. The molecule has 9 heteroatoms. The van der Waals surface area contributed by atoms with Crippen molar-refractivity contribution in [1.82, 2.24) is 19.7 Å². The lowest BCUT2D eigenvalue weighted by molar-refractivity contribution is 0.0693. The first kappa shape index (κ1) is 15.5. The Balaban J connectivity index is 1.81. The van der Waals surface area contributed by atoms with Crippen molar-refractivity contribution >= 4 is 5.91 Å². The van der Waals surface area contributed by atoms with Crippen molar-refractivity contribution in [2.75, 3.05) is 13.2 Å². The van der Waals surface area contributed by atoms with Gasteiger partial charge in [0.25, 0.3) is 5.91 Å². The lowest BCUT2D eigenvalue weighted by atomic mass is 10.2. The Morgan fingerprint density at radius 2 is 2.13 bits per heavy atom. The Hall–Kier alpha value is -2.39. The highest BCUT2D eigenvalue weighted by atomic mass is 19.1. The van der Waals surface area contributed by atoms with Gasteiger partial charge in [0.15, 0.2) is 11.5 Å². The second-order valence-electron chi connectivity index (χ2n) is 5.19. The molecule has 0 spiro atoms. The number of nitrogens with zero attached hydrogens (tertiary/aromatic N) is 4. The molecule has 1 amide bonds. The molecule has 0 radical (unpaired) electrons. The van der Waals surface area contributed by atoms with Crippen LogP contribution in [0, 0.1) is 11.6 Å². The average Bonchev–Trinajstić information content (AvgIpc) is 2.96. The molecular formula is C14H14F2N4O3. The lowest BCUT2D eigenvalue weighted by Gasteiger charge is -2.27. The normalized spacial score (nSPS) is 15.4. The minimum Gasteiger partial charge on any atom is -0.393 e. The van der Waals surface area contributed by atoms with Gasteiger partial charge in [-0.1, -0.05) is 0 Å². The van der Waals surface area contributed by atoms with E-state index in [1.54, 1.807) is 10.7 Å². The third-order valence-electron chi connectivity index (χ3n) is 3.63. The molecule has 2 aromatic heterocycles. The number of pyridine rings is 1. The van der Waals surface area contributed by atoms with Gasteiger partial charge < -0.3 is 15.1 Å². The molecule has 2 aromatic rings. The number of amides is 1. The summed E-state index contributed by atoms with van der Waals surface area (Å²) >= 11 is 0. The standard InChI is InChI=1S/C14H14F2N4O3/c15-8-3-10(16)13(17-5-8)14(23)19-1-2-20-9(6-19)4-11(18-20)12(22)7-21/h3-5,12,21-22H,1-2,6-7H2. The summed E-state index contributed by atoms with van der Waals surface area (Å²) < 4.78 is 28.2. The summed E-state index contributed by atoms with van der Waals surface area (Å²) in [6, 6.07) is 2.19. The molecular weight excluding hydrogens is 310 g/mol. The average molecular weight is 324 g/mol. The van der Waals surface area contributed by atoms with E-state index in [9.17, 15) is 18.7 Å². The zero-order valence-electron chi connectivity index (χ0n) is 12.0. The van der Waals surface area contributed by atoms with Gasteiger partial charge in [0.1, 0.15) is 11.9 Å². The summed E-state index contributed by atoms with van der Waals surface area (Å²) in [4.78, 5) is 17.2. The fourth-order valence-corrected chi connectivity index (χ4v) is 2.44. The molecule has 2 N–H and O–H groups in total. The van der Waals surface area contributed by atoms with E-state index in [4.69, 9.17) is 5.11 Å². The summed E-state index contributed by atoms with van der Waals surface area (Å²) in [5.74, 6) is -2.50. The van der Waals surface area contributed by atoms with E-state index >= 15 is 0 Å². The fraction of sp³-hybridized carbons (Fsp3) is 0.357. The Morgan fingerprint density at radius 3 is 2.83 bits per heavy atom. The summed E-state index contributed by atoms with van der Waals surface area (Å²) in [7, 11) is 0. The van der Waals surface area contributed by atoms with Crippen LogP contribution in [0.3, 0.4) is 0 Å². The predicted molar refractivity (Wildman–Crippen MR) is 73.2 cm³/mol. The van der Waals surface area contributed by atoms with Crippen molar-refractivity contribution in [1.29, 1.82) is 0 Å². The Bertz CT molecular complexity index is 750. The van der Waals surface area contributed by atoms with Crippen LogP contribution in [0.15, 0.2) is 18.3 Å².